The van der Waals surface area contributed by atoms with E-state index in [1.165, 1.54) is 10.4 Å². The largest absolute Gasteiger partial charge is 0.330 e. The van der Waals surface area contributed by atoms with E-state index in [1.807, 2.05) is 6.07 Å². The lowest BCUT2D eigenvalue weighted by Crippen LogP contribution is -2.20. The molecule has 0 aliphatic heterocycles. The van der Waals surface area contributed by atoms with Crippen LogP contribution in [-0.2, 0) is 12.8 Å². The Kier molecular flexibility index (Phi) is 2.45. The molecule has 0 saturated heterocycles. The highest BCUT2D eigenvalue weighted by Gasteiger charge is 2.22. The molecule has 0 saturated carbocycles. The van der Waals surface area contributed by atoms with E-state index in [4.69, 9.17) is 5.73 Å². The summed E-state index contributed by atoms with van der Waals surface area (Å²) in [6.45, 7) is 0.746. The molecular weight excluding hydrogens is 221 g/mol. The van der Waals surface area contributed by atoms with Crippen molar-refractivity contribution in [2.75, 3.05) is 6.54 Å². The Labute approximate surface area is 98.1 Å². The number of nitrogens with two attached hydrogens (primary N) is 1. The molecule has 3 rings (SSSR count). The molecule has 0 fully saturated rings. The van der Waals surface area contributed by atoms with Crippen LogP contribution in [0.2, 0.25) is 0 Å². The summed E-state index contributed by atoms with van der Waals surface area (Å²) in [6, 6.07) is 5.39. The number of fused-ring (bicyclic) bond motifs is 3. The molecule has 1 aliphatic rings. The normalized spacial score (nSPS) is 20.0. The first-order valence-electron chi connectivity index (χ1n) is 5.68. The van der Waals surface area contributed by atoms with Gasteiger partial charge in [0.05, 0.1) is 4.70 Å². The van der Waals surface area contributed by atoms with E-state index in [-0.39, 0.29) is 5.82 Å². The summed E-state index contributed by atoms with van der Waals surface area (Å²) in [4.78, 5) is 1.35. The van der Waals surface area contributed by atoms with Crippen molar-refractivity contribution in [3.05, 3.63) is 34.5 Å². The Balaban J connectivity index is 2.16. The maximum absolute atomic E-state index is 13.6. The summed E-state index contributed by atoms with van der Waals surface area (Å²) in [5, 5.41) is 1.12. The predicted octanol–water partition coefficient (Wildman–Crippen LogP) is 3.10. The van der Waals surface area contributed by atoms with Gasteiger partial charge in [0.25, 0.3) is 0 Å². The van der Waals surface area contributed by atoms with Gasteiger partial charge in [-0.25, -0.2) is 4.39 Å². The van der Waals surface area contributed by atoms with Crippen LogP contribution in [0.4, 0.5) is 4.39 Å². The summed E-state index contributed by atoms with van der Waals surface area (Å²) in [5.74, 6) is 0.504. The molecule has 1 aromatic carbocycles. The molecule has 1 nitrogen and oxygen atoms in total. The Hall–Kier alpha value is -0.930. The summed E-state index contributed by atoms with van der Waals surface area (Å²) in [7, 11) is 0. The van der Waals surface area contributed by atoms with Gasteiger partial charge >= 0.3 is 0 Å². The molecule has 0 amide bonds. The first-order valence-corrected chi connectivity index (χ1v) is 6.50. The standard InChI is InChI=1S/C13H14FNS/c14-11-3-1-2-10-9-5-4-8(7-15)6-12(9)16-13(10)11/h1-3,8H,4-7,15H2/t8-/m1/s1. The van der Waals surface area contributed by atoms with Crippen molar-refractivity contribution in [2.45, 2.75) is 19.3 Å². The van der Waals surface area contributed by atoms with E-state index in [1.54, 1.807) is 23.5 Å². The van der Waals surface area contributed by atoms with Gasteiger partial charge < -0.3 is 5.73 Å². The lowest BCUT2D eigenvalue weighted by molar-refractivity contribution is 0.476. The summed E-state index contributed by atoms with van der Waals surface area (Å²) < 4.78 is 14.5. The van der Waals surface area contributed by atoms with Gasteiger partial charge in [0.1, 0.15) is 5.82 Å². The topological polar surface area (TPSA) is 26.0 Å². The number of thiophene rings is 1. The van der Waals surface area contributed by atoms with Gasteiger partial charge in [0.2, 0.25) is 0 Å². The van der Waals surface area contributed by atoms with Crippen LogP contribution in [0.15, 0.2) is 18.2 Å². The van der Waals surface area contributed by atoms with Crippen LogP contribution >= 0.6 is 11.3 Å². The maximum Gasteiger partial charge on any atom is 0.141 e. The number of hydrogen-bond acceptors (Lipinski definition) is 2. The number of aryl methyl sites for hydroxylation is 1. The van der Waals surface area contributed by atoms with Crippen molar-refractivity contribution in [1.29, 1.82) is 0 Å². The number of benzene rings is 1. The zero-order valence-electron chi connectivity index (χ0n) is 9.00. The molecule has 0 radical (unpaired) electrons. The van der Waals surface area contributed by atoms with E-state index < -0.39 is 0 Å². The molecule has 0 spiro atoms. The molecule has 1 heterocycles. The fourth-order valence-electron chi connectivity index (χ4n) is 2.54. The van der Waals surface area contributed by atoms with Gasteiger partial charge in [-0.1, -0.05) is 12.1 Å². The molecule has 84 valence electrons. The number of rotatable bonds is 1. The minimum absolute atomic E-state index is 0.0822. The summed E-state index contributed by atoms with van der Waals surface area (Å²) in [6.07, 6.45) is 3.23. The molecule has 2 aromatic rings. The van der Waals surface area contributed by atoms with Crippen LogP contribution in [0.5, 0.6) is 0 Å². The molecular formula is C13H14FNS. The van der Waals surface area contributed by atoms with Gasteiger partial charge in [-0.05, 0) is 48.7 Å². The second kappa shape index (κ2) is 3.82. The average Bonchev–Trinajstić information content (AvgIpc) is 2.68. The van der Waals surface area contributed by atoms with Crippen LogP contribution in [0.1, 0.15) is 16.9 Å². The highest BCUT2D eigenvalue weighted by molar-refractivity contribution is 7.19. The summed E-state index contributed by atoms with van der Waals surface area (Å²) >= 11 is 1.61. The quantitative estimate of drug-likeness (QED) is 0.807. The Bertz CT molecular complexity index is 532. The Morgan fingerprint density at radius 2 is 2.31 bits per heavy atom. The van der Waals surface area contributed by atoms with E-state index in [9.17, 15) is 4.39 Å². The van der Waals surface area contributed by atoms with Gasteiger partial charge in [-0.2, -0.15) is 0 Å². The molecule has 1 aromatic heterocycles. The van der Waals surface area contributed by atoms with Crippen LogP contribution in [-0.4, -0.2) is 6.54 Å². The van der Waals surface area contributed by atoms with Gasteiger partial charge in [-0.3, -0.25) is 0 Å². The zero-order chi connectivity index (χ0) is 11.1. The lowest BCUT2D eigenvalue weighted by atomic mass is 9.88. The molecule has 0 unspecified atom stereocenters. The van der Waals surface area contributed by atoms with Crippen LogP contribution in [0.25, 0.3) is 10.1 Å². The minimum Gasteiger partial charge on any atom is -0.330 e. The lowest BCUT2D eigenvalue weighted by Gasteiger charge is -2.20. The van der Waals surface area contributed by atoms with Crippen molar-refractivity contribution in [2.24, 2.45) is 11.7 Å². The molecule has 1 atom stereocenters. The van der Waals surface area contributed by atoms with Crippen LogP contribution in [0.3, 0.4) is 0 Å². The Morgan fingerprint density at radius 3 is 3.12 bits per heavy atom. The fourth-order valence-corrected chi connectivity index (χ4v) is 3.91. The highest BCUT2D eigenvalue weighted by Crippen LogP contribution is 2.38. The number of halogens is 1. The third-order valence-corrected chi connectivity index (χ3v) is 4.74. The molecule has 2 N–H and O–H groups in total. The van der Waals surface area contributed by atoms with Crippen molar-refractivity contribution in [3.63, 3.8) is 0 Å². The number of hydrogen-bond donors (Lipinski definition) is 1. The average molecular weight is 235 g/mol. The minimum atomic E-state index is -0.0822. The van der Waals surface area contributed by atoms with Crippen molar-refractivity contribution in [1.82, 2.24) is 0 Å². The van der Waals surface area contributed by atoms with Crippen LogP contribution in [0, 0.1) is 11.7 Å². The molecule has 0 bridgehead atoms. The second-order valence-corrected chi connectivity index (χ2v) is 5.57. The second-order valence-electron chi connectivity index (χ2n) is 4.46. The fraction of sp³-hybridized carbons (Fsp3) is 0.385. The smallest absolute Gasteiger partial charge is 0.141 e. The van der Waals surface area contributed by atoms with Gasteiger partial charge in [0, 0.05) is 4.88 Å². The maximum atomic E-state index is 13.6. The van der Waals surface area contributed by atoms with Crippen molar-refractivity contribution >= 4 is 21.4 Å². The monoisotopic (exact) mass is 235 g/mol. The van der Waals surface area contributed by atoms with E-state index in [2.05, 4.69) is 0 Å². The van der Waals surface area contributed by atoms with E-state index in [0.717, 1.165) is 35.9 Å². The predicted molar refractivity (Wildman–Crippen MR) is 66.4 cm³/mol. The summed E-state index contributed by atoms with van der Waals surface area (Å²) in [5.41, 5.74) is 7.08. The van der Waals surface area contributed by atoms with Crippen molar-refractivity contribution < 1.29 is 4.39 Å². The van der Waals surface area contributed by atoms with Crippen LogP contribution < -0.4 is 5.73 Å². The first-order chi connectivity index (χ1) is 7.79. The van der Waals surface area contributed by atoms with E-state index >= 15 is 0 Å². The third kappa shape index (κ3) is 1.46. The highest BCUT2D eigenvalue weighted by atomic mass is 32.1. The van der Waals surface area contributed by atoms with E-state index in [0.29, 0.717) is 5.92 Å². The van der Waals surface area contributed by atoms with Crippen molar-refractivity contribution in [3.8, 4) is 0 Å². The SMILES string of the molecule is NC[C@@H]1CCc2c(sc3c(F)cccc23)C1. The molecule has 16 heavy (non-hydrogen) atoms. The molecule has 3 heteroatoms. The zero-order valence-corrected chi connectivity index (χ0v) is 9.82. The third-order valence-electron chi connectivity index (χ3n) is 3.46. The Morgan fingerprint density at radius 1 is 1.44 bits per heavy atom. The van der Waals surface area contributed by atoms with Gasteiger partial charge in [0.15, 0.2) is 0 Å². The first kappa shape index (κ1) is 10.2. The molecule has 1 aliphatic carbocycles. The van der Waals surface area contributed by atoms with Gasteiger partial charge in [-0.15, -0.1) is 11.3 Å².